The molecule has 122 valence electrons. The van der Waals surface area contributed by atoms with E-state index in [1.54, 1.807) is 6.07 Å². The quantitative estimate of drug-likeness (QED) is 0.857. The van der Waals surface area contributed by atoms with E-state index >= 15 is 0 Å². The summed E-state index contributed by atoms with van der Waals surface area (Å²) in [5.41, 5.74) is -3.30. The number of carbonyl (C=O) groups is 1. The summed E-state index contributed by atoms with van der Waals surface area (Å²) in [4.78, 5) is 10.9. The van der Waals surface area contributed by atoms with Crippen LogP contribution in [-0.2, 0) is 16.6 Å². The van der Waals surface area contributed by atoms with Crippen molar-refractivity contribution < 1.29 is 27.8 Å². The average molecular weight is 337 g/mol. The lowest BCUT2D eigenvalue weighted by atomic mass is 9.74. The molecule has 0 saturated carbocycles. The van der Waals surface area contributed by atoms with Gasteiger partial charge in [-0.15, -0.1) is 0 Å². The second-order valence-corrected chi connectivity index (χ2v) is 6.58. The first kappa shape index (κ1) is 17.1. The van der Waals surface area contributed by atoms with Crippen LogP contribution in [0.1, 0.15) is 31.4 Å². The van der Waals surface area contributed by atoms with Crippen LogP contribution < -0.4 is 4.74 Å². The molecule has 1 unspecified atom stereocenters. The number of hydrogen-bond donors (Lipinski definition) is 1. The third-order valence-electron chi connectivity index (χ3n) is 3.87. The van der Waals surface area contributed by atoms with Crippen molar-refractivity contribution in [1.29, 1.82) is 0 Å². The zero-order valence-corrected chi connectivity index (χ0v) is 12.9. The molecule has 1 aromatic rings. The van der Waals surface area contributed by atoms with Crippen molar-refractivity contribution in [2.75, 3.05) is 6.61 Å². The Labute approximate surface area is 131 Å². The zero-order valence-electron chi connectivity index (χ0n) is 12.1. The first-order valence-electron chi connectivity index (χ1n) is 6.71. The van der Waals surface area contributed by atoms with Gasteiger partial charge in [-0.1, -0.05) is 25.4 Å². The molecule has 0 spiro atoms. The number of fused-ring (bicyclic) bond motifs is 1. The number of rotatable bonds is 4. The van der Waals surface area contributed by atoms with Crippen molar-refractivity contribution in [2.45, 2.75) is 43.9 Å². The summed E-state index contributed by atoms with van der Waals surface area (Å²) in [6, 6.07) is 3.23. The molecule has 0 aromatic heterocycles. The van der Waals surface area contributed by atoms with Gasteiger partial charge in [-0.05, 0) is 23.1 Å². The SMILES string of the molecule is CC(C)(CC(O)(C=O)C(F)(F)F)c1cc(Cl)cc2c1OCC2. The lowest BCUT2D eigenvalue weighted by Gasteiger charge is -2.35. The van der Waals surface area contributed by atoms with Gasteiger partial charge in [-0.25, -0.2) is 0 Å². The highest BCUT2D eigenvalue weighted by Gasteiger charge is 2.56. The van der Waals surface area contributed by atoms with Crippen molar-refractivity contribution in [3.05, 3.63) is 28.3 Å². The predicted octanol–water partition coefficient (Wildman–Crippen LogP) is 3.43. The molecule has 0 bridgehead atoms. The van der Waals surface area contributed by atoms with Crippen LogP contribution in [0.15, 0.2) is 12.1 Å². The van der Waals surface area contributed by atoms with Gasteiger partial charge in [0.1, 0.15) is 5.75 Å². The molecule has 0 aliphatic carbocycles. The first-order chi connectivity index (χ1) is 10.00. The minimum absolute atomic E-state index is 0.383. The summed E-state index contributed by atoms with van der Waals surface area (Å²) in [7, 11) is 0. The summed E-state index contributed by atoms with van der Waals surface area (Å²) in [5.74, 6) is 0.491. The van der Waals surface area contributed by atoms with Crippen molar-refractivity contribution in [3.63, 3.8) is 0 Å². The third kappa shape index (κ3) is 2.94. The third-order valence-corrected chi connectivity index (χ3v) is 4.09. The standard InChI is InChI=1S/C15H16ClF3O3/c1-13(2,7-14(21,8-20)15(17,18)19)11-6-10(16)5-9-3-4-22-12(9)11/h5-6,8,21H,3-4,7H2,1-2H3. The minimum Gasteiger partial charge on any atom is -0.493 e. The fourth-order valence-electron chi connectivity index (χ4n) is 2.75. The monoisotopic (exact) mass is 336 g/mol. The molecule has 2 rings (SSSR count). The van der Waals surface area contributed by atoms with Crippen LogP contribution in [0.3, 0.4) is 0 Å². The van der Waals surface area contributed by atoms with Crippen molar-refractivity contribution >= 4 is 17.9 Å². The predicted molar refractivity (Wildman–Crippen MR) is 75.4 cm³/mol. The van der Waals surface area contributed by atoms with Gasteiger partial charge in [-0.3, -0.25) is 4.79 Å². The fraction of sp³-hybridized carbons (Fsp3) is 0.533. The number of benzene rings is 1. The fourth-order valence-corrected chi connectivity index (χ4v) is 2.99. The van der Waals surface area contributed by atoms with Crippen LogP contribution in [0.4, 0.5) is 13.2 Å². The molecule has 1 atom stereocenters. The van der Waals surface area contributed by atoms with E-state index in [2.05, 4.69) is 0 Å². The smallest absolute Gasteiger partial charge is 0.424 e. The Hall–Kier alpha value is -1.27. The maximum atomic E-state index is 13.0. The zero-order chi connectivity index (χ0) is 16.8. The largest absolute Gasteiger partial charge is 0.493 e. The van der Waals surface area contributed by atoms with Gasteiger partial charge < -0.3 is 9.84 Å². The molecule has 1 aliphatic heterocycles. The van der Waals surface area contributed by atoms with Gasteiger partial charge in [0.25, 0.3) is 0 Å². The summed E-state index contributed by atoms with van der Waals surface area (Å²) >= 11 is 6.02. The Morgan fingerprint density at radius 2 is 2.00 bits per heavy atom. The van der Waals surface area contributed by atoms with Gasteiger partial charge in [0, 0.05) is 23.4 Å². The molecule has 3 nitrogen and oxygen atoms in total. The normalized spacial score (nSPS) is 17.6. The molecule has 0 saturated heterocycles. The molecule has 0 fully saturated rings. The second-order valence-electron chi connectivity index (χ2n) is 6.14. The number of aldehydes is 1. The lowest BCUT2D eigenvalue weighted by Crippen LogP contribution is -2.50. The molecule has 1 aliphatic rings. The number of aliphatic hydroxyl groups is 1. The molecule has 1 heterocycles. The molecule has 7 heteroatoms. The van der Waals surface area contributed by atoms with Crippen LogP contribution in [-0.4, -0.2) is 29.8 Å². The molecule has 1 aromatic carbocycles. The maximum absolute atomic E-state index is 13.0. The van der Waals surface area contributed by atoms with Crippen LogP contribution in [0.25, 0.3) is 0 Å². The van der Waals surface area contributed by atoms with Gasteiger partial charge in [-0.2, -0.15) is 13.2 Å². The number of alkyl halides is 3. The van der Waals surface area contributed by atoms with Gasteiger partial charge >= 0.3 is 6.18 Å². The van der Waals surface area contributed by atoms with E-state index in [-0.39, 0.29) is 0 Å². The summed E-state index contributed by atoms with van der Waals surface area (Å²) in [6.45, 7) is 3.46. The average Bonchev–Trinajstić information content (AvgIpc) is 2.83. The Bertz CT molecular complexity index is 598. The van der Waals surface area contributed by atoms with E-state index in [1.165, 1.54) is 19.9 Å². The molecule has 0 radical (unpaired) electrons. The topological polar surface area (TPSA) is 46.5 Å². The summed E-state index contributed by atoms with van der Waals surface area (Å²) < 4.78 is 44.4. The second kappa shape index (κ2) is 5.42. The van der Waals surface area contributed by atoms with Gasteiger partial charge in [0.05, 0.1) is 6.61 Å². The summed E-state index contributed by atoms with van der Waals surface area (Å²) in [6.07, 6.45) is -5.70. The molecule has 22 heavy (non-hydrogen) atoms. The van der Waals surface area contributed by atoms with E-state index < -0.39 is 29.9 Å². The maximum Gasteiger partial charge on any atom is 0.424 e. The van der Waals surface area contributed by atoms with Gasteiger partial charge in [0.15, 0.2) is 6.29 Å². The van der Waals surface area contributed by atoms with E-state index in [0.29, 0.717) is 29.4 Å². The number of ether oxygens (including phenoxy) is 1. The number of hydrogen-bond acceptors (Lipinski definition) is 3. The summed E-state index contributed by atoms with van der Waals surface area (Å²) in [5, 5.41) is 10.1. The molecular weight excluding hydrogens is 321 g/mol. The van der Waals surface area contributed by atoms with E-state index in [1.807, 2.05) is 0 Å². The Balaban J connectivity index is 2.46. The van der Waals surface area contributed by atoms with E-state index in [4.69, 9.17) is 16.3 Å². The van der Waals surface area contributed by atoms with Crippen LogP contribution in [0.5, 0.6) is 5.75 Å². The van der Waals surface area contributed by atoms with Gasteiger partial charge in [0.2, 0.25) is 5.60 Å². The van der Waals surface area contributed by atoms with Crippen LogP contribution in [0, 0.1) is 0 Å². The Kier molecular flexibility index (Phi) is 4.21. The van der Waals surface area contributed by atoms with Crippen molar-refractivity contribution in [3.8, 4) is 5.75 Å². The highest BCUT2D eigenvalue weighted by Crippen LogP contribution is 2.45. The van der Waals surface area contributed by atoms with E-state index in [0.717, 1.165) is 5.56 Å². The van der Waals surface area contributed by atoms with E-state index in [9.17, 15) is 23.1 Å². The van der Waals surface area contributed by atoms with Crippen LogP contribution >= 0.6 is 11.6 Å². The first-order valence-corrected chi connectivity index (χ1v) is 7.09. The van der Waals surface area contributed by atoms with Crippen LogP contribution in [0.2, 0.25) is 5.02 Å². The highest BCUT2D eigenvalue weighted by molar-refractivity contribution is 6.30. The molecule has 1 N–H and O–H groups in total. The lowest BCUT2D eigenvalue weighted by molar-refractivity contribution is -0.250. The Morgan fingerprint density at radius 1 is 1.36 bits per heavy atom. The Morgan fingerprint density at radius 3 is 2.55 bits per heavy atom. The molecule has 0 amide bonds. The number of halogens is 4. The minimum atomic E-state index is -5.05. The number of carbonyl (C=O) groups excluding carboxylic acids is 1. The van der Waals surface area contributed by atoms with Crippen molar-refractivity contribution in [2.24, 2.45) is 0 Å². The molecular formula is C15H16ClF3O3. The highest BCUT2D eigenvalue weighted by atomic mass is 35.5. The van der Waals surface area contributed by atoms with Crippen molar-refractivity contribution in [1.82, 2.24) is 0 Å².